The lowest BCUT2D eigenvalue weighted by molar-refractivity contribution is -0.0328. The van der Waals surface area contributed by atoms with E-state index in [2.05, 4.69) is 10.6 Å². The van der Waals surface area contributed by atoms with Gasteiger partial charge in [0.05, 0.1) is 13.7 Å². The van der Waals surface area contributed by atoms with E-state index in [0.29, 0.717) is 34.7 Å². The number of nitrogens with zero attached hydrogens (tertiary/aromatic N) is 1. The maximum atomic E-state index is 13.2. The van der Waals surface area contributed by atoms with Crippen molar-refractivity contribution in [2.24, 2.45) is 0 Å². The van der Waals surface area contributed by atoms with Crippen molar-refractivity contribution >= 4 is 44.7 Å². The lowest BCUT2D eigenvalue weighted by Crippen LogP contribution is -2.42. The molecule has 4 rings (SSSR count). The molecule has 1 aliphatic heterocycles. The fraction of sp³-hybridized carbons (Fsp3) is 0.320. The predicted octanol–water partition coefficient (Wildman–Crippen LogP) is 5.56. The number of alkyl halides is 3. The van der Waals surface area contributed by atoms with E-state index in [-0.39, 0.29) is 52.4 Å². The van der Waals surface area contributed by atoms with Crippen LogP contribution in [0.4, 0.5) is 18.9 Å². The van der Waals surface area contributed by atoms with Crippen LogP contribution in [-0.4, -0.2) is 50.4 Å². The lowest BCUT2D eigenvalue weighted by atomic mass is 10.1. The zero-order valence-corrected chi connectivity index (χ0v) is 22.8. The standard InChI is InChI=1S/C25H26F3N3O4S3/c1-35-20-6-2-4-17(14-20)24(32)29-16-22-8-9-23(36-22)38(33,34)31-12-10-18(11-13-31)30-19-5-3-7-21(15-19)37-25(26,27)28/h2-9,14-15,18,30H,10-13,16H2,1H3,(H,29,32). The Balaban J connectivity index is 1.30. The Bertz CT molecular complexity index is 1370. The first kappa shape index (κ1) is 28.3. The van der Waals surface area contributed by atoms with Gasteiger partial charge in [-0.25, -0.2) is 8.42 Å². The van der Waals surface area contributed by atoms with Crippen LogP contribution in [0.25, 0.3) is 0 Å². The summed E-state index contributed by atoms with van der Waals surface area (Å²) in [4.78, 5) is 13.2. The van der Waals surface area contributed by atoms with Crippen LogP contribution in [0, 0.1) is 0 Å². The molecule has 0 aliphatic carbocycles. The number of methoxy groups -OCH3 is 1. The highest BCUT2D eigenvalue weighted by molar-refractivity contribution is 8.00. The quantitative estimate of drug-likeness (QED) is 0.320. The molecule has 1 amide bonds. The monoisotopic (exact) mass is 585 g/mol. The molecule has 0 unspecified atom stereocenters. The highest BCUT2D eigenvalue weighted by Gasteiger charge is 2.31. The second-order valence-electron chi connectivity index (χ2n) is 8.53. The van der Waals surface area contributed by atoms with Gasteiger partial charge >= 0.3 is 5.51 Å². The zero-order valence-electron chi connectivity index (χ0n) is 20.3. The fourth-order valence-corrected chi connectivity index (χ4v) is 7.53. The molecule has 1 fully saturated rings. The van der Waals surface area contributed by atoms with E-state index in [1.54, 1.807) is 48.5 Å². The summed E-state index contributed by atoms with van der Waals surface area (Å²) in [6.45, 7) is 0.765. The molecule has 1 aliphatic rings. The van der Waals surface area contributed by atoms with E-state index >= 15 is 0 Å². The van der Waals surface area contributed by atoms with Gasteiger partial charge in [0.25, 0.3) is 15.9 Å². The number of benzene rings is 2. The highest BCUT2D eigenvalue weighted by Crippen LogP contribution is 2.38. The van der Waals surface area contributed by atoms with E-state index in [0.717, 1.165) is 11.3 Å². The number of amides is 1. The summed E-state index contributed by atoms with van der Waals surface area (Å²) in [6.07, 6.45) is 1.04. The highest BCUT2D eigenvalue weighted by atomic mass is 32.2. The van der Waals surface area contributed by atoms with Crippen molar-refractivity contribution < 1.29 is 31.1 Å². The van der Waals surface area contributed by atoms with Crippen molar-refractivity contribution in [3.05, 3.63) is 71.1 Å². The molecule has 204 valence electrons. The average Bonchev–Trinajstić information content (AvgIpc) is 3.37. The molecular formula is C25H26F3N3O4S3. The summed E-state index contributed by atoms with van der Waals surface area (Å²) in [6, 6.07) is 16.0. The summed E-state index contributed by atoms with van der Waals surface area (Å²) in [7, 11) is -2.18. The molecule has 0 atom stereocenters. The smallest absolute Gasteiger partial charge is 0.446 e. The normalized spacial score (nSPS) is 15.3. The number of carbonyl (C=O) groups is 1. The Labute approximate surface area is 227 Å². The molecule has 1 saturated heterocycles. The topological polar surface area (TPSA) is 87.7 Å². The minimum atomic E-state index is -4.36. The zero-order chi connectivity index (χ0) is 27.3. The van der Waals surface area contributed by atoms with Gasteiger partial charge in [-0.2, -0.15) is 17.5 Å². The number of carbonyl (C=O) groups excluding carboxylic acids is 1. The minimum Gasteiger partial charge on any atom is -0.497 e. The average molecular weight is 586 g/mol. The summed E-state index contributed by atoms with van der Waals surface area (Å²) in [5.41, 5.74) is -3.35. The first-order valence-corrected chi connectivity index (χ1v) is 14.7. The van der Waals surface area contributed by atoms with Crippen molar-refractivity contribution in [1.82, 2.24) is 9.62 Å². The van der Waals surface area contributed by atoms with E-state index in [9.17, 15) is 26.4 Å². The number of nitrogens with one attached hydrogen (secondary N) is 2. The summed E-state index contributed by atoms with van der Waals surface area (Å²) in [5.74, 6) is 0.272. The van der Waals surface area contributed by atoms with E-state index in [4.69, 9.17) is 4.74 Å². The number of halogens is 3. The second-order valence-corrected chi connectivity index (χ2v) is 13.0. The SMILES string of the molecule is COc1cccc(C(=O)NCc2ccc(S(=O)(=O)N3CCC(Nc4cccc(SC(F)(F)F)c4)CC3)s2)c1. The molecule has 13 heteroatoms. The van der Waals surface area contributed by atoms with Crippen LogP contribution in [0.2, 0.25) is 0 Å². The molecule has 38 heavy (non-hydrogen) atoms. The molecule has 0 spiro atoms. The molecule has 1 aromatic heterocycles. The van der Waals surface area contributed by atoms with Crippen molar-refractivity contribution in [1.29, 1.82) is 0 Å². The molecule has 2 N–H and O–H groups in total. The Morgan fingerprint density at radius 3 is 2.55 bits per heavy atom. The largest absolute Gasteiger partial charge is 0.497 e. The van der Waals surface area contributed by atoms with Gasteiger partial charge in [-0.3, -0.25) is 4.79 Å². The van der Waals surface area contributed by atoms with Crippen LogP contribution in [0.3, 0.4) is 0 Å². The van der Waals surface area contributed by atoms with Gasteiger partial charge in [-0.15, -0.1) is 11.3 Å². The van der Waals surface area contributed by atoms with E-state index in [1.165, 1.54) is 23.5 Å². The van der Waals surface area contributed by atoms with Gasteiger partial charge in [-0.05, 0) is 73.1 Å². The number of thioether (sulfide) groups is 1. The van der Waals surface area contributed by atoms with Gasteiger partial charge in [0.2, 0.25) is 0 Å². The Hall–Kier alpha value is -2.74. The number of rotatable bonds is 9. The van der Waals surface area contributed by atoms with Crippen LogP contribution < -0.4 is 15.4 Å². The molecule has 0 radical (unpaired) electrons. The van der Waals surface area contributed by atoms with E-state index in [1.807, 2.05) is 0 Å². The molecule has 0 saturated carbocycles. The second kappa shape index (κ2) is 12.0. The van der Waals surface area contributed by atoms with Gasteiger partial charge in [-0.1, -0.05) is 12.1 Å². The van der Waals surface area contributed by atoms with E-state index < -0.39 is 15.5 Å². The van der Waals surface area contributed by atoms with Crippen molar-refractivity contribution in [3.63, 3.8) is 0 Å². The predicted molar refractivity (Wildman–Crippen MR) is 142 cm³/mol. The summed E-state index contributed by atoms with van der Waals surface area (Å²) >= 11 is 0.940. The number of piperidine rings is 1. The third-order valence-electron chi connectivity index (χ3n) is 5.88. The van der Waals surface area contributed by atoms with Crippen LogP contribution >= 0.6 is 23.1 Å². The Morgan fingerprint density at radius 1 is 1.11 bits per heavy atom. The third-order valence-corrected chi connectivity index (χ3v) is 10.1. The Morgan fingerprint density at radius 2 is 1.84 bits per heavy atom. The van der Waals surface area contributed by atoms with Gasteiger partial charge in [0, 0.05) is 40.2 Å². The summed E-state index contributed by atoms with van der Waals surface area (Å²) < 4.78 is 71.1. The van der Waals surface area contributed by atoms with Crippen LogP contribution in [-0.2, 0) is 16.6 Å². The van der Waals surface area contributed by atoms with Crippen LogP contribution in [0.1, 0.15) is 28.1 Å². The summed E-state index contributed by atoms with van der Waals surface area (Å²) in [5, 5.41) is 6.01. The minimum absolute atomic E-state index is 0.0571. The van der Waals surface area contributed by atoms with Crippen LogP contribution in [0.15, 0.2) is 69.8 Å². The molecular weight excluding hydrogens is 559 g/mol. The Kier molecular flexibility index (Phi) is 8.91. The van der Waals surface area contributed by atoms with Crippen molar-refractivity contribution in [3.8, 4) is 5.75 Å². The van der Waals surface area contributed by atoms with Crippen molar-refractivity contribution in [2.75, 3.05) is 25.5 Å². The number of sulfonamides is 1. The number of thiophene rings is 1. The van der Waals surface area contributed by atoms with Crippen LogP contribution in [0.5, 0.6) is 5.75 Å². The third kappa shape index (κ3) is 7.43. The maximum Gasteiger partial charge on any atom is 0.446 e. The number of anilines is 1. The van der Waals surface area contributed by atoms with Crippen molar-refractivity contribution in [2.45, 2.75) is 40.0 Å². The molecule has 0 bridgehead atoms. The first-order valence-electron chi connectivity index (χ1n) is 11.7. The molecule has 2 aromatic carbocycles. The number of hydrogen-bond acceptors (Lipinski definition) is 7. The first-order chi connectivity index (χ1) is 18.0. The fourth-order valence-electron chi connectivity index (χ4n) is 4.01. The molecule has 3 aromatic rings. The van der Waals surface area contributed by atoms with Gasteiger partial charge in [0.15, 0.2) is 0 Å². The number of ether oxygens (including phenoxy) is 1. The lowest BCUT2D eigenvalue weighted by Gasteiger charge is -2.31. The number of hydrogen-bond donors (Lipinski definition) is 2. The molecule has 2 heterocycles. The molecule has 7 nitrogen and oxygen atoms in total. The van der Waals surface area contributed by atoms with Gasteiger partial charge in [0.1, 0.15) is 9.96 Å². The maximum absolute atomic E-state index is 13.2. The van der Waals surface area contributed by atoms with Gasteiger partial charge < -0.3 is 15.4 Å².